The number of thioether (sulfide) groups is 1. The first kappa shape index (κ1) is 19.0. The molecule has 0 aromatic heterocycles. The summed E-state index contributed by atoms with van der Waals surface area (Å²) in [6, 6.07) is 0. The number of hydrogen-bond donors (Lipinski definition) is 2. The van der Waals surface area contributed by atoms with E-state index in [0.29, 0.717) is 26.1 Å². The number of halogens is 1. The molecule has 0 atom stereocenters. The van der Waals surface area contributed by atoms with Gasteiger partial charge in [-0.1, -0.05) is 0 Å². The van der Waals surface area contributed by atoms with Gasteiger partial charge in [0.15, 0.2) is 0 Å². The summed E-state index contributed by atoms with van der Waals surface area (Å²) in [5.41, 5.74) is 0. The molecule has 0 unspecified atom stereocenters. The number of nitrogens with zero attached hydrogens (tertiary/aromatic N) is 1. The van der Waals surface area contributed by atoms with Crippen LogP contribution in [0.15, 0.2) is 0 Å². The molecule has 9 heteroatoms. The van der Waals surface area contributed by atoms with Crippen LogP contribution in [0, 0.1) is 0 Å². The summed E-state index contributed by atoms with van der Waals surface area (Å²) >= 11 is 1.77. The van der Waals surface area contributed by atoms with Crippen LogP contribution in [0.1, 0.15) is 6.42 Å². The lowest BCUT2D eigenvalue weighted by Gasteiger charge is -2.25. The molecule has 6 nitrogen and oxygen atoms in total. The molecule has 1 fully saturated rings. The number of amides is 1. The second-order valence-electron chi connectivity index (χ2n) is 4.03. The highest BCUT2D eigenvalue weighted by Gasteiger charge is 2.23. The zero-order chi connectivity index (χ0) is 13.4. The lowest BCUT2D eigenvalue weighted by molar-refractivity contribution is -0.120. The molecule has 2 N–H and O–H groups in total. The summed E-state index contributed by atoms with van der Waals surface area (Å²) < 4.78 is 25.4. The first-order valence-electron chi connectivity index (χ1n) is 6.03. The highest BCUT2D eigenvalue weighted by Crippen LogP contribution is 2.12. The second-order valence-corrected chi connectivity index (χ2v) is 7.34. The van der Waals surface area contributed by atoms with Crippen LogP contribution in [0.5, 0.6) is 0 Å². The van der Waals surface area contributed by atoms with Crippen molar-refractivity contribution in [2.45, 2.75) is 6.42 Å². The topological polar surface area (TPSA) is 78.5 Å². The lowest BCUT2D eigenvalue weighted by atomic mass is 10.4. The molecule has 0 spiro atoms. The highest BCUT2D eigenvalue weighted by molar-refractivity contribution is 7.99. The van der Waals surface area contributed by atoms with Crippen LogP contribution in [0.3, 0.4) is 0 Å². The predicted molar refractivity (Wildman–Crippen MR) is 81.5 cm³/mol. The van der Waals surface area contributed by atoms with E-state index < -0.39 is 10.0 Å². The van der Waals surface area contributed by atoms with E-state index in [2.05, 4.69) is 10.6 Å². The Balaban J connectivity index is 0.00000324. The van der Waals surface area contributed by atoms with Crippen molar-refractivity contribution in [3.8, 4) is 0 Å². The standard InChI is InChI=1S/C10H21N3O3S2.ClH/c1-11-3-2-10(14)12-4-9-18(15,16)13-5-7-17-8-6-13;/h11H,2-9H2,1H3,(H,12,14);1H. The lowest BCUT2D eigenvalue weighted by Crippen LogP contribution is -2.42. The third-order valence-corrected chi connectivity index (χ3v) is 5.46. The summed E-state index contributed by atoms with van der Waals surface area (Å²) in [4.78, 5) is 11.3. The molecule has 114 valence electrons. The number of nitrogens with one attached hydrogen (secondary N) is 2. The minimum absolute atomic E-state index is 0. The van der Waals surface area contributed by atoms with Crippen molar-refractivity contribution >= 4 is 40.1 Å². The van der Waals surface area contributed by atoms with Gasteiger partial charge in [-0.25, -0.2) is 12.7 Å². The Kier molecular flexibility index (Phi) is 9.81. The Hall–Kier alpha value is -0.0200. The van der Waals surface area contributed by atoms with Crippen LogP contribution in [-0.4, -0.2) is 69.1 Å². The summed E-state index contributed by atoms with van der Waals surface area (Å²) in [6.07, 6.45) is 0.372. The highest BCUT2D eigenvalue weighted by atomic mass is 35.5. The third-order valence-electron chi connectivity index (χ3n) is 2.65. The summed E-state index contributed by atoms with van der Waals surface area (Å²) in [5.74, 6) is 1.58. The molecular formula is C10H22ClN3O3S2. The van der Waals surface area contributed by atoms with Gasteiger partial charge in [0.2, 0.25) is 15.9 Å². The number of hydrogen-bond acceptors (Lipinski definition) is 5. The monoisotopic (exact) mass is 331 g/mol. The van der Waals surface area contributed by atoms with Crippen molar-refractivity contribution < 1.29 is 13.2 Å². The molecule has 0 aromatic carbocycles. The zero-order valence-electron chi connectivity index (χ0n) is 11.1. The molecule has 1 aliphatic rings. The molecule has 1 heterocycles. The first-order valence-corrected chi connectivity index (χ1v) is 8.79. The number of carbonyl (C=O) groups is 1. The van der Waals surface area contributed by atoms with Gasteiger partial charge in [0.1, 0.15) is 0 Å². The maximum atomic E-state index is 11.9. The van der Waals surface area contributed by atoms with Crippen molar-refractivity contribution in [2.24, 2.45) is 0 Å². The van der Waals surface area contributed by atoms with E-state index in [4.69, 9.17) is 0 Å². The molecule has 1 rings (SSSR count). The van der Waals surface area contributed by atoms with Crippen LogP contribution < -0.4 is 10.6 Å². The molecule has 0 saturated carbocycles. The van der Waals surface area contributed by atoms with Gasteiger partial charge in [-0.3, -0.25) is 4.79 Å². The summed E-state index contributed by atoms with van der Waals surface area (Å²) in [7, 11) is -1.44. The second kappa shape index (κ2) is 9.82. The van der Waals surface area contributed by atoms with Gasteiger partial charge in [0, 0.05) is 44.1 Å². The van der Waals surface area contributed by atoms with Gasteiger partial charge >= 0.3 is 0 Å². The van der Waals surface area contributed by atoms with Crippen LogP contribution >= 0.6 is 24.2 Å². The van der Waals surface area contributed by atoms with E-state index in [1.54, 1.807) is 18.8 Å². The molecular weight excluding hydrogens is 310 g/mol. The fraction of sp³-hybridized carbons (Fsp3) is 0.900. The normalized spacial score (nSPS) is 16.7. The zero-order valence-corrected chi connectivity index (χ0v) is 13.5. The Labute approximate surface area is 125 Å². The molecule has 1 amide bonds. The fourth-order valence-electron chi connectivity index (χ4n) is 1.60. The fourth-order valence-corrected chi connectivity index (χ4v) is 4.09. The Morgan fingerprint density at radius 3 is 2.47 bits per heavy atom. The first-order chi connectivity index (χ1) is 8.56. The van der Waals surface area contributed by atoms with Crippen LogP contribution in [0.25, 0.3) is 0 Å². The number of rotatable bonds is 7. The van der Waals surface area contributed by atoms with E-state index in [-0.39, 0.29) is 30.6 Å². The molecule has 19 heavy (non-hydrogen) atoms. The minimum atomic E-state index is -3.21. The van der Waals surface area contributed by atoms with Crippen molar-refractivity contribution in [1.82, 2.24) is 14.9 Å². The summed E-state index contributed by atoms with van der Waals surface area (Å²) in [5, 5.41) is 5.49. The van der Waals surface area contributed by atoms with Crippen LogP contribution in [0.4, 0.5) is 0 Å². The van der Waals surface area contributed by atoms with Crippen molar-refractivity contribution in [3.05, 3.63) is 0 Å². The SMILES string of the molecule is CNCCC(=O)NCCS(=O)(=O)N1CCSCC1.Cl. The van der Waals surface area contributed by atoms with Crippen molar-refractivity contribution in [3.63, 3.8) is 0 Å². The quantitative estimate of drug-likeness (QED) is 0.658. The molecule has 0 bridgehead atoms. The van der Waals surface area contributed by atoms with Gasteiger partial charge in [0.05, 0.1) is 5.75 Å². The van der Waals surface area contributed by atoms with E-state index in [9.17, 15) is 13.2 Å². The smallest absolute Gasteiger partial charge is 0.221 e. The van der Waals surface area contributed by atoms with Gasteiger partial charge in [-0.2, -0.15) is 11.8 Å². The number of carbonyl (C=O) groups excluding carboxylic acids is 1. The van der Waals surface area contributed by atoms with Crippen LogP contribution in [-0.2, 0) is 14.8 Å². The third kappa shape index (κ3) is 7.36. The maximum Gasteiger partial charge on any atom is 0.221 e. The largest absolute Gasteiger partial charge is 0.355 e. The molecule has 1 saturated heterocycles. The Morgan fingerprint density at radius 1 is 1.26 bits per heavy atom. The predicted octanol–water partition coefficient (Wildman–Crippen LogP) is -0.487. The van der Waals surface area contributed by atoms with Gasteiger partial charge in [0.25, 0.3) is 0 Å². The van der Waals surface area contributed by atoms with Gasteiger partial charge in [-0.15, -0.1) is 12.4 Å². The maximum absolute atomic E-state index is 11.9. The van der Waals surface area contributed by atoms with Gasteiger partial charge < -0.3 is 10.6 Å². The van der Waals surface area contributed by atoms with E-state index >= 15 is 0 Å². The number of sulfonamides is 1. The molecule has 0 aliphatic carbocycles. The average molecular weight is 332 g/mol. The molecule has 0 radical (unpaired) electrons. The average Bonchev–Trinajstić information content (AvgIpc) is 2.37. The molecule has 0 aromatic rings. The Bertz CT molecular complexity index is 359. The van der Waals surface area contributed by atoms with Gasteiger partial charge in [-0.05, 0) is 7.05 Å². The van der Waals surface area contributed by atoms with E-state index in [0.717, 1.165) is 11.5 Å². The Morgan fingerprint density at radius 2 is 1.89 bits per heavy atom. The van der Waals surface area contributed by atoms with E-state index in [1.807, 2.05) is 0 Å². The summed E-state index contributed by atoms with van der Waals surface area (Å²) in [6.45, 7) is 1.96. The molecule has 1 aliphatic heterocycles. The minimum Gasteiger partial charge on any atom is -0.355 e. The van der Waals surface area contributed by atoms with E-state index in [1.165, 1.54) is 4.31 Å². The van der Waals surface area contributed by atoms with Crippen molar-refractivity contribution in [2.75, 3.05) is 50.5 Å². The van der Waals surface area contributed by atoms with Crippen LogP contribution in [0.2, 0.25) is 0 Å². The van der Waals surface area contributed by atoms with Crippen molar-refractivity contribution in [1.29, 1.82) is 0 Å².